The van der Waals surface area contributed by atoms with Crippen LogP contribution in [0, 0.1) is 0 Å². The van der Waals surface area contributed by atoms with Crippen molar-refractivity contribution in [1.82, 2.24) is 4.57 Å². The zero-order valence-corrected chi connectivity index (χ0v) is 14.1. The number of methoxy groups -OCH3 is 1. The number of hydrogen-bond acceptors (Lipinski definition) is 4. The summed E-state index contributed by atoms with van der Waals surface area (Å²) in [6.07, 6.45) is 1.46. The number of carbonyl (C=O) groups excluding carboxylic acids is 2. The zero-order chi connectivity index (χ0) is 16.2. The molecule has 21 heavy (non-hydrogen) atoms. The van der Waals surface area contributed by atoms with Gasteiger partial charge in [-0.1, -0.05) is 34.8 Å². The van der Waals surface area contributed by atoms with Crippen molar-refractivity contribution >= 4 is 46.6 Å². The Hall–Kier alpha value is -0.750. The lowest BCUT2D eigenvalue weighted by atomic mass is 10.2. The van der Waals surface area contributed by atoms with E-state index in [4.69, 9.17) is 44.3 Å². The molecule has 5 nitrogen and oxygen atoms in total. The Morgan fingerprint density at radius 2 is 2.00 bits per heavy atom. The van der Waals surface area contributed by atoms with Gasteiger partial charge in [0.05, 0.1) is 19.8 Å². The molecule has 0 bridgehead atoms. The molecular formula is C13H16Cl3NO4. The van der Waals surface area contributed by atoms with Crippen LogP contribution in [0.15, 0.2) is 12.3 Å². The molecule has 0 saturated heterocycles. The van der Waals surface area contributed by atoms with Gasteiger partial charge in [0, 0.05) is 18.4 Å². The van der Waals surface area contributed by atoms with Crippen LogP contribution >= 0.6 is 34.8 Å². The van der Waals surface area contributed by atoms with Crippen molar-refractivity contribution in [3.8, 4) is 0 Å². The molecule has 0 fully saturated rings. The number of halogens is 3. The number of Topliss-reactive ketones (excluding diaryl/α,β-unsaturated/α-hetero) is 1. The molecule has 0 aliphatic rings. The Morgan fingerprint density at radius 3 is 2.48 bits per heavy atom. The Morgan fingerprint density at radius 1 is 1.38 bits per heavy atom. The minimum Gasteiger partial charge on any atom is -0.464 e. The number of ketones is 1. The maximum atomic E-state index is 12.0. The van der Waals surface area contributed by atoms with E-state index in [0.717, 1.165) is 0 Å². The zero-order valence-electron chi connectivity index (χ0n) is 11.9. The van der Waals surface area contributed by atoms with E-state index in [9.17, 15) is 9.59 Å². The minimum absolute atomic E-state index is 0.124. The number of carbonyl (C=O) groups is 2. The first-order valence-corrected chi connectivity index (χ1v) is 7.35. The average Bonchev–Trinajstić information content (AvgIpc) is 2.86. The lowest BCUT2D eigenvalue weighted by Gasteiger charge is -2.16. The molecule has 0 aromatic carbocycles. The molecule has 0 aliphatic carbocycles. The average molecular weight is 357 g/mol. The van der Waals surface area contributed by atoms with Crippen molar-refractivity contribution < 1.29 is 19.1 Å². The van der Waals surface area contributed by atoms with Gasteiger partial charge in [-0.2, -0.15) is 0 Å². The fraction of sp³-hybridized carbons (Fsp3) is 0.538. The summed E-state index contributed by atoms with van der Waals surface area (Å²) in [4.78, 5) is 23.8. The molecule has 118 valence electrons. The number of ether oxygens (including phenoxy) is 2. The number of hydrogen-bond donors (Lipinski definition) is 0. The molecule has 1 aromatic rings. The monoisotopic (exact) mass is 355 g/mol. The third-order valence-electron chi connectivity index (χ3n) is 2.80. The number of alkyl halides is 3. The third kappa shape index (κ3) is 4.61. The van der Waals surface area contributed by atoms with Crippen LogP contribution in [0.2, 0.25) is 0 Å². The highest BCUT2D eigenvalue weighted by Crippen LogP contribution is 2.31. The fourth-order valence-electron chi connectivity index (χ4n) is 1.77. The normalized spacial score (nSPS) is 13.0. The summed E-state index contributed by atoms with van der Waals surface area (Å²) in [5.41, 5.74) is 0.320. The molecule has 0 spiro atoms. The summed E-state index contributed by atoms with van der Waals surface area (Å²) >= 11 is 16.8. The molecule has 0 N–H and O–H groups in total. The summed E-state index contributed by atoms with van der Waals surface area (Å²) in [6.45, 7) is 4.61. The van der Waals surface area contributed by atoms with Gasteiger partial charge in [0.2, 0.25) is 5.78 Å². The molecule has 0 saturated carbocycles. The van der Waals surface area contributed by atoms with Gasteiger partial charge in [0.15, 0.2) is 0 Å². The topological polar surface area (TPSA) is 57.5 Å². The lowest BCUT2D eigenvalue weighted by molar-refractivity contribution is 0.0578. The van der Waals surface area contributed by atoms with E-state index in [1.54, 1.807) is 4.57 Å². The molecule has 1 rings (SSSR count). The van der Waals surface area contributed by atoms with Crippen LogP contribution in [0.4, 0.5) is 0 Å². The quantitative estimate of drug-likeness (QED) is 0.445. The molecule has 0 aliphatic heterocycles. The van der Waals surface area contributed by atoms with Gasteiger partial charge in [-0.25, -0.2) is 4.79 Å². The van der Waals surface area contributed by atoms with Gasteiger partial charge in [-0.05, 0) is 19.9 Å². The first-order chi connectivity index (χ1) is 9.72. The first kappa shape index (κ1) is 18.3. The third-order valence-corrected chi connectivity index (χ3v) is 3.32. The van der Waals surface area contributed by atoms with Crippen molar-refractivity contribution in [3.05, 3.63) is 23.5 Å². The van der Waals surface area contributed by atoms with E-state index in [0.29, 0.717) is 13.2 Å². The summed E-state index contributed by atoms with van der Waals surface area (Å²) in [6, 6.07) is 1.16. The summed E-state index contributed by atoms with van der Waals surface area (Å²) in [7, 11) is 1.25. The molecule has 1 heterocycles. The van der Waals surface area contributed by atoms with Gasteiger partial charge < -0.3 is 14.0 Å². The van der Waals surface area contributed by atoms with E-state index in [-0.39, 0.29) is 17.3 Å². The van der Waals surface area contributed by atoms with Crippen molar-refractivity contribution in [2.75, 3.05) is 20.3 Å². The van der Waals surface area contributed by atoms with Crippen molar-refractivity contribution in [3.63, 3.8) is 0 Å². The Labute approximate surface area is 138 Å². The van der Waals surface area contributed by atoms with Gasteiger partial charge in [0.1, 0.15) is 5.69 Å². The van der Waals surface area contributed by atoms with E-state index in [1.165, 1.54) is 19.4 Å². The SMILES string of the molecule is CCOCC(C)n1cc(C(=O)C(Cl)(Cl)Cl)cc1C(=O)OC. The van der Waals surface area contributed by atoms with E-state index in [2.05, 4.69) is 0 Å². The minimum atomic E-state index is -2.08. The van der Waals surface area contributed by atoms with Gasteiger partial charge in [-0.3, -0.25) is 4.79 Å². The lowest BCUT2D eigenvalue weighted by Crippen LogP contribution is -2.18. The molecule has 0 radical (unpaired) electrons. The molecule has 1 atom stereocenters. The van der Waals surface area contributed by atoms with Crippen LogP contribution in [0.3, 0.4) is 0 Å². The van der Waals surface area contributed by atoms with Crippen LogP contribution < -0.4 is 0 Å². The number of aromatic nitrogens is 1. The highest BCUT2D eigenvalue weighted by atomic mass is 35.6. The van der Waals surface area contributed by atoms with Gasteiger partial charge in [0.25, 0.3) is 3.79 Å². The van der Waals surface area contributed by atoms with Crippen LogP contribution in [-0.4, -0.2) is 40.4 Å². The second kappa shape index (κ2) is 7.49. The standard InChI is InChI=1S/C13H16Cl3NO4/c1-4-21-7-8(2)17-6-9(11(18)13(14,15)16)5-10(17)12(19)20-3/h5-6,8H,4,7H2,1-3H3. The molecular weight excluding hydrogens is 341 g/mol. The van der Waals surface area contributed by atoms with E-state index < -0.39 is 15.5 Å². The van der Waals surface area contributed by atoms with E-state index >= 15 is 0 Å². The Bertz CT molecular complexity index is 522. The predicted octanol–water partition coefficient (Wildman–Crippen LogP) is 3.43. The maximum absolute atomic E-state index is 12.0. The second-order valence-electron chi connectivity index (χ2n) is 4.35. The molecule has 1 aromatic heterocycles. The van der Waals surface area contributed by atoms with Crippen molar-refractivity contribution in [2.24, 2.45) is 0 Å². The second-order valence-corrected chi connectivity index (χ2v) is 6.63. The van der Waals surface area contributed by atoms with Crippen molar-refractivity contribution in [2.45, 2.75) is 23.7 Å². The largest absolute Gasteiger partial charge is 0.464 e. The summed E-state index contributed by atoms with van der Waals surface area (Å²) < 4.78 is 9.51. The molecule has 8 heteroatoms. The van der Waals surface area contributed by atoms with Crippen molar-refractivity contribution in [1.29, 1.82) is 0 Å². The molecule has 1 unspecified atom stereocenters. The molecule has 0 amide bonds. The predicted molar refractivity (Wildman–Crippen MR) is 81.6 cm³/mol. The van der Waals surface area contributed by atoms with E-state index in [1.807, 2.05) is 13.8 Å². The Balaban J connectivity index is 3.19. The van der Waals surface area contributed by atoms with Crippen LogP contribution in [-0.2, 0) is 9.47 Å². The number of rotatable bonds is 6. The smallest absolute Gasteiger partial charge is 0.354 e. The van der Waals surface area contributed by atoms with Gasteiger partial charge >= 0.3 is 5.97 Å². The number of nitrogens with zero attached hydrogens (tertiary/aromatic N) is 1. The Kier molecular flexibility index (Phi) is 6.53. The fourth-order valence-corrected chi connectivity index (χ4v) is 2.10. The van der Waals surface area contributed by atoms with Crippen LogP contribution in [0.1, 0.15) is 40.7 Å². The maximum Gasteiger partial charge on any atom is 0.354 e. The summed E-state index contributed by atoms with van der Waals surface area (Å²) in [5, 5.41) is 0. The van der Waals surface area contributed by atoms with Gasteiger partial charge in [-0.15, -0.1) is 0 Å². The highest BCUT2D eigenvalue weighted by molar-refractivity contribution is 6.77. The number of esters is 1. The summed E-state index contributed by atoms with van der Waals surface area (Å²) in [5.74, 6) is -1.29. The van der Waals surface area contributed by atoms with Crippen LogP contribution in [0.5, 0.6) is 0 Å². The highest BCUT2D eigenvalue weighted by Gasteiger charge is 2.34. The van der Waals surface area contributed by atoms with Crippen LogP contribution in [0.25, 0.3) is 0 Å². The first-order valence-electron chi connectivity index (χ1n) is 6.21.